The summed E-state index contributed by atoms with van der Waals surface area (Å²) in [6, 6.07) is 11.9. The first-order chi connectivity index (χ1) is 12.4. The second-order valence-electron chi connectivity index (χ2n) is 5.03. The maximum absolute atomic E-state index is 12.5. The molecule has 1 aromatic heterocycles. The van der Waals surface area contributed by atoms with Crippen molar-refractivity contribution in [2.45, 2.75) is 0 Å². The van der Waals surface area contributed by atoms with Gasteiger partial charge in [0.1, 0.15) is 0 Å². The number of carbonyl (C=O) groups excluding carboxylic acids is 1. The summed E-state index contributed by atoms with van der Waals surface area (Å²) in [7, 11) is 0. The molecule has 3 aromatic rings. The second-order valence-corrected chi connectivity index (χ2v) is 7.91. The predicted octanol–water partition coefficient (Wildman–Crippen LogP) is 4.68. The first kappa shape index (κ1) is 19.0. The fraction of sp³-hybridized carbons (Fsp3) is 0. The van der Waals surface area contributed by atoms with E-state index in [-0.39, 0.29) is 11.3 Å². The topological polar surface area (TPSA) is 94.2 Å². The summed E-state index contributed by atoms with van der Waals surface area (Å²) < 4.78 is 24.9. The number of hydrogen-bond donors (Lipinski definition) is 2. The van der Waals surface area contributed by atoms with Crippen LogP contribution in [0.2, 0.25) is 5.02 Å². The van der Waals surface area contributed by atoms with E-state index >= 15 is 0 Å². The van der Waals surface area contributed by atoms with E-state index in [1.54, 1.807) is 0 Å². The van der Waals surface area contributed by atoms with Crippen LogP contribution in [0, 0.1) is 0 Å². The maximum atomic E-state index is 12.5. The van der Waals surface area contributed by atoms with Crippen molar-refractivity contribution in [1.82, 2.24) is 4.98 Å². The van der Waals surface area contributed by atoms with Crippen LogP contribution in [0.15, 0.2) is 52.3 Å². The van der Waals surface area contributed by atoms with Crippen LogP contribution in [0.3, 0.4) is 0 Å². The molecule has 26 heavy (non-hydrogen) atoms. The van der Waals surface area contributed by atoms with Crippen molar-refractivity contribution in [3.8, 4) is 11.3 Å². The normalized spacial score (nSPS) is 11.8. The monoisotopic (exact) mass is 470 g/mol. The summed E-state index contributed by atoms with van der Waals surface area (Å²) in [6.07, 6.45) is 0. The average molecular weight is 472 g/mol. The van der Waals surface area contributed by atoms with Gasteiger partial charge in [-0.2, -0.15) is 0 Å². The van der Waals surface area contributed by atoms with E-state index in [1.807, 2.05) is 29.6 Å². The van der Waals surface area contributed by atoms with Crippen molar-refractivity contribution in [3.05, 3.63) is 62.9 Å². The minimum absolute atomic E-state index is 0.0908. The first-order valence-corrected chi connectivity index (χ1v) is 10.2. The minimum Gasteiger partial charge on any atom is -0.755 e. The highest BCUT2D eigenvalue weighted by atomic mass is 79.9. The van der Waals surface area contributed by atoms with Crippen molar-refractivity contribution in [3.63, 3.8) is 0 Å². The Morgan fingerprint density at radius 2 is 1.96 bits per heavy atom. The lowest BCUT2D eigenvalue weighted by molar-refractivity contribution is 0.102. The Morgan fingerprint density at radius 1 is 1.23 bits per heavy atom. The number of anilines is 2. The van der Waals surface area contributed by atoms with E-state index < -0.39 is 17.2 Å². The van der Waals surface area contributed by atoms with Gasteiger partial charge in [0.2, 0.25) is 0 Å². The van der Waals surface area contributed by atoms with E-state index in [2.05, 4.69) is 31.0 Å². The molecule has 0 radical (unpaired) electrons. The van der Waals surface area contributed by atoms with Gasteiger partial charge >= 0.3 is 0 Å². The molecule has 1 unspecified atom stereocenters. The number of hydrogen-bond acceptors (Lipinski definition) is 5. The molecular weight excluding hydrogens is 462 g/mol. The molecule has 6 nitrogen and oxygen atoms in total. The second kappa shape index (κ2) is 8.28. The third kappa shape index (κ3) is 4.68. The molecule has 0 saturated carbocycles. The zero-order chi connectivity index (χ0) is 18.7. The van der Waals surface area contributed by atoms with Gasteiger partial charge in [0.15, 0.2) is 5.13 Å². The number of thiazole rings is 1. The largest absolute Gasteiger partial charge is 0.755 e. The molecule has 2 aromatic carbocycles. The molecule has 10 heteroatoms. The van der Waals surface area contributed by atoms with Crippen molar-refractivity contribution < 1.29 is 13.6 Å². The van der Waals surface area contributed by atoms with E-state index in [1.165, 1.54) is 29.5 Å². The van der Waals surface area contributed by atoms with Crippen LogP contribution in [0.25, 0.3) is 11.3 Å². The predicted molar refractivity (Wildman–Crippen MR) is 107 cm³/mol. The molecule has 134 valence electrons. The number of halogens is 2. The van der Waals surface area contributed by atoms with Crippen LogP contribution >= 0.6 is 38.9 Å². The number of nitrogens with zero attached hydrogens (tertiary/aromatic N) is 1. The van der Waals surface area contributed by atoms with Crippen molar-refractivity contribution in [2.75, 3.05) is 10.0 Å². The molecule has 1 atom stereocenters. The highest BCUT2D eigenvalue weighted by Gasteiger charge is 2.14. The summed E-state index contributed by atoms with van der Waals surface area (Å²) in [6.45, 7) is 0. The third-order valence-corrected chi connectivity index (χ3v) is 5.19. The lowest BCUT2D eigenvalue weighted by Crippen LogP contribution is -2.15. The van der Waals surface area contributed by atoms with Gasteiger partial charge < -0.3 is 9.27 Å². The van der Waals surface area contributed by atoms with Crippen LogP contribution in [0.1, 0.15) is 10.4 Å². The van der Waals surface area contributed by atoms with E-state index in [4.69, 9.17) is 11.6 Å². The van der Waals surface area contributed by atoms with E-state index in [0.717, 1.165) is 15.7 Å². The fourth-order valence-electron chi connectivity index (χ4n) is 2.14. The SMILES string of the molecule is O=C(Nc1nc(-c2ccc(Br)cc2)cs1)c1ccc(Cl)cc1NS(=O)[O-]. The molecule has 2 N–H and O–H groups in total. The average Bonchev–Trinajstić information content (AvgIpc) is 3.03. The van der Waals surface area contributed by atoms with Gasteiger partial charge in [-0.15, -0.1) is 11.3 Å². The van der Waals surface area contributed by atoms with Crippen LogP contribution in [-0.4, -0.2) is 19.7 Å². The Hall–Kier alpha value is -1.78. The van der Waals surface area contributed by atoms with Crippen molar-refractivity contribution in [1.29, 1.82) is 0 Å². The molecule has 0 aliphatic heterocycles. The fourth-order valence-corrected chi connectivity index (χ4v) is 3.64. The quantitative estimate of drug-likeness (QED) is 0.528. The molecule has 1 heterocycles. The van der Waals surface area contributed by atoms with Crippen molar-refractivity contribution >= 4 is 66.9 Å². The minimum atomic E-state index is -2.58. The Balaban J connectivity index is 1.81. The van der Waals surface area contributed by atoms with Crippen LogP contribution < -0.4 is 10.0 Å². The maximum Gasteiger partial charge on any atom is 0.259 e. The number of nitrogens with one attached hydrogen (secondary N) is 2. The van der Waals surface area contributed by atoms with Crippen LogP contribution in [0.5, 0.6) is 0 Å². The van der Waals surface area contributed by atoms with Crippen molar-refractivity contribution in [2.24, 2.45) is 0 Å². The molecule has 3 rings (SSSR count). The summed E-state index contributed by atoms with van der Waals surface area (Å²) >= 11 is 7.93. The van der Waals surface area contributed by atoms with Gasteiger partial charge in [0.25, 0.3) is 5.91 Å². The number of rotatable bonds is 5. The van der Waals surface area contributed by atoms with Crippen LogP contribution in [-0.2, 0) is 11.3 Å². The standard InChI is InChI=1S/C16H11BrClN3O3S2/c17-10-3-1-9(2-4-10)14-8-25-16(19-14)20-15(22)12-6-5-11(18)7-13(12)21-26(23)24/h1-8,21H,(H,23,24)(H,19,20,22)/p-1. The zero-order valence-electron chi connectivity index (χ0n) is 12.9. The van der Waals surface area contributed by atoms with Gasteiger partial charge in [0, 0.05) is 31.7 Å². The highest BCUT2D eigenvalue weighted by molar-refractivity contribution is 9.10. The van der Waals surface area contributed by atoms with Gasteiger partial charge in [-0.3, -0.25) is 14.3 Å². The van der Waals surface area contributed by atoms with Gasteiger partial charge in [-0.25, -0.2) is 4.98 Å². The molecular formula is C16H10BrClN3O3S2-. The zero-order valence-corrected chi connectivity index (χ0v) is 16.8. The summed E-state index contributed by atoms with van der Waals surface area (Å²) in [4.78, 5) is 16.9. The Bertz CT molecular complexity index is 979. The summed E-state index contributed by atoms with van der Waals surface area (Å²) in [5.74, 6) is -0.494. The Morgan fingerprint density at radius 3 is 2.65 bits per heavy atom. The smallest absolute Gasteiger partial charge is 0.259 e. The highest BCUT2D eigenvalue weighted by Crippen LogP contribution is 2.27. The Labute approximate surface area is 169 Å². The van der Waals surface area contributed by atoms with Gasteiger partial charge in [-0.05, 0) is 30.3 Å². The molecule has 0 saturated heterocycles. The number of benzene rings is 2. The number of aromatic nitrogens is 1. The lowest BCUT2D eigenvalue weighted by atomic mass is 10.1. The first-order valence-electron chi connectivity index (χ1n) is 7.10. The molecule has 0 spiro atoms. The third-order valence-electron chi connectivity index (χ3n) is 3.28. The number of carbonyl (C=O) groups is 1. The van der Waals surface area contributed by atoms with E-state index in [9.17, 15) is 13.6 Å². The Kier molecular flexibility index (Phi) is 6.05. The molecule has 1 amide bonds. The molecule has 0 aliphatic rings. The van der Waals surface area contributed by atoms with Gasteiger partial charge in [0.05, 0.1) is 16.9 Å². The molecule has 0 bridgehead atoms. The summed E-state index contributed by atoms with van der Waals surface area (Å²) in [5.41, 5.74) is 1.88. The number of amides is 1. The van der Waals surface area contributed by atoms with Crippen LogP contribution in [0.4, 0.5) is 10.8 Å². The lowest BCUT2D eigenvalue weighted by Gasteiger charge is -2.13. The molecule has 0 fully saturated rings. The van der Waals surface area contributed by atoms with Gasteiger partial charge in [-0.1, -0.05) is 39.7 Å². The summed E-state index contributed by atoms with van der Waals surface area (Å²) in [5, 5.41) is 5.20. The molecule has 0 aliphatic carbocycles. The van der Waals surface area contributed by atoms with E-state index in [0.29, 0.717) is 10.2 Å².